The van der Waals surface area contributed by atoms with Crippen LogP contribution in [0, 0.1) is 0 Å². The Morgan fingerprint density at radius 2 is 1.78 bits per heavy atom. The lowest BCUT2D eigenvalue weighted by atomic mass is 10.2. The van der Waals surface area contributed by atoms with E-state index in [1.165, 1.54) is 4.52 Å². The maximum Gasteiger partial charge on any atom is 0.229 e. The van der Waals surface area contributed by atoms with Crippen molar-refractivity contribution < 1.29 is 8.42 Å². The standard InChI is InChI=1S/C19H19N5O2S/c1-3-13(2)20-17-15-11-7-8-12-16(15)24-18(21-17)19(22-23-24)27(25,26)14-9-5-4-6-10-14/h4-13H,3H2,1-2H3,(H,20,21)/t13-/m1/s1. The molecule has 0 bridgehead atoms. The van der Waals surface area contributed by atoms with Crippen molar-refractivity contribution in [2.75, 3.05) is 5.32 Å². The van der Waals surface area contributed by atoms with E-state index in [2.05, 4.69) is 34.5 Å². The number of sulfone groups is 1. The van der Waals surface area contributed by atoms with E-state index in [9.17, 15) is 8.42 Å². The Hall–Kier alpha value is -3.00. The first-order valence-electron chi connectivity index (χ1n) is 8.73. The molecule has 0 radical (unpaired) electrons. The molecule has 0 fully saturated rings. The fourth-order valence-electron chi connectivity index (χ4n) is 2.88. The molecule has 138 valence electrons. The van der Waals surface area contributed by atoms with Crippen molar-refractivity contribution in [3.63, 3.8) is 0 Å². The van der Waals surface area contributed by atoms with E-state index >= 15 is 0 Å². The van der Waals surface area contributed by atoms with Gasteiger partial charge < -0.3 is 5.32 Å². The Bertz CT molecular complexity index is 1220. The minimum Gasteiger partial charge on any atom is -0.367 e. The zero-order valence-electron chi connectivity index (χ0n) is 15.0. The summed E-state index contributed by atoms with van der Waals surface area (Å²) in [6, 6.07) is 16.0. The van der Waals surface area contributed by atoms with Crippen molar-refractivity contribution >= 4 is 32.2 Å². The van der Waals surface area contributed by atoms with Gasteiger partial charge in [-0.2, -0.15) is 4.52 Å². The van der Waals surface area contributed by atoms with Crippen LogP contribution in [-0.4, -0.2) is 34.3 Å². The predicted molar refractivity (Wildman–Crippen MR) is 104 cm³/mol. The lowest BCUT2D eigenvalue weighted by molar-refractivity contribution is 0.592. The van der Waals surface area contributed by atoms with Gasteiger partial charge in [-0.3, -0.25) is 0 Å². The summed E-state index contributed by atoms with van der Waals surface area (Å²) in [7, 11) is -3.83. The molecule has 2 aromatic heterocycles. The van der Waals surface area contributed by atoms with E-state index in [-0.39, 0.29) is 21.6 Å². The molecule has 0 aliphatic carbocycles. The van der Waals surface area contributed by atoms with E-state index in [0.717, 1.165) is 17.3 Å². The molecular formula is C19H19N5O2S. The molecule has 8 heteroatoms. The first-order chi connectivity index (χ1) is 13.0. The topological polar surface area (TPSA) is 89.2 Å². The van der Waals surface area contributed by atoms with Crippen LogP contribution in [0.1, 0.15) is 20.3 Å². The molecule has 2 aromatic carbocycles. The maximum atomic E-state index is 13.1. The van der Waals surface area contributed by atoms with Crippen LogP contribution in [0.15, 0.2) is 64.5 Å². The third kappa shape index (κ3) is 2.91. The summed E-state index contributed by atoms with van der Waals surface area (Å²) < 4.78 is 27.6. The number of para-hydroxylation sites is 1. The zero-order chi connectivity index (χ0) is 19.0. The van der Waals surface area contributed by atoms with Crippen LogP contribution in [0.25, 0.3) is 16.6 Å². The number of nitrogens with one attached hydrogen (secondary N) is 1. The van der Waals surface area contributed by atoms with Crippen LogP contribution in [0.4, 0.5) is 5.82 Å². The van der Waals surface area contributed by atoms with Crippen molar-refractivity contribution in [2.45, 2.75) is 36.2 Å². The van der Waals surface area contributed by atoms with Gasteiger partial charge in [-0.25, -0.2) is 13.4 Å². The van der Waals surface area contributed by atoms with E-state index in [0.29, 0.717) is 5.82 Å². The number of fused-ring (bicyclic) bond motifs is 3. The normalized spacial score (nSPS) is 13.1. The number of hydrogen-bond acceptors (Lipinski definition) is 6. The average molecular weight is 381 g/mol. The van der Waals surface area contributed by atoms with Crippen LogP contribution >= 0.6 is 0 Å². The molecule has 0 amide bonds. The number of anilines is 1. The maximum absolute atomic E-state index is 13.1. The van der Waals surface area contributed by atoms with Gasteiger partial charge in [-0.15, -0.1) is 5.10 Å². The SMILES string of the molecule is CC[C@@H](C)Nc1nc2c(S(=O)(=O)c3ccccc3)nnn2c2ccccc12. The quantitative estimate of drug-likeness (QED) is 0.570. The van der Waals surface area contributed by atoms with E-state index in [1.807, 2.05) is 24.3 Å². The third-order valence-electron chi connectivity index (χ3n) is 4.53. The van der Waals surface area contributed by atoms with Crippen LogP contribution in [0.3, 0.4) is 0 Å². The zero-order valence-corrected chi connectivity index (χ0v) is 15.8. The summed E-state index contributed by atoms with van der Waals surface area (Å²) >= 11 is 0. The first-order valence-corrected chi connectivity index (χ1v) is 10.2. The van der Waals surface area contributed by atoms with Crippen LogP contribution in [0.2, 0.25) is 0 Å². The molecule has 1 atom stereocenters. The highest BCUT2D eigenvalue weighted by atomic mass is 32.2. The lowest BCUT2D eigenvalue weighted by Gasteiger charge is -2.14. The molecule has 2 heterocycles. The molecule has 4 rings (SSSR count). The van der Waals surface area contributed by atoms with Gasteiger partial charge in [0.15, 0.2) is 5.65 Å². The van der Waals surface area contributed by atoms with Crippen molar-refractivity contribution in [3.8, 4) is 0 Å². The fourth-order valence-corrected chi connectivity index (χ4v) is 4.13. The molecule has 1 N–H and O–H groups in total. The summed E-state index contributed by atoms with van der Waals surface area (Å²) in [4.78, 5) is 4.76. The highest BCUT2D eigenvalue weighted by Gasteiger charge is 2.27. The first kappa shape index (κ1) is 17.4. The van der Waals surface area contributed by atoms with Crippen LogP contribution in [-0.2, 0) is 9.84 Å². The fraction of sp³-hybridized carbons (Fsp3) is 0.211. The molecule has 27 heavy (non-hydrogen) atoms. The van der Waals surface area contributed by atoms with Gasteiger partial charge in [0, 0.05) is 11.4 Å². The average Bonchev–Trinajstić information content (AvgIpc) is 3.13. The summed E-state index contributed by atoms with van der Waals surface area (Å²) in [5.41, 5.74) is 0.957. The molecule has 0 saturated carbocycles. The molecular weight excluding hydrogens is 362 g/mol. The van der Waals surface area contributed by atoms with E-state index in [4.69, 9.17) is 0 Å². The van der Waals surface area contributed by atoms with Crippen molar-refractivity contribution in [1.82, 2.24) is 19.8 Å². The molecule has 7 nitrogen and oxygen atoms in total. The van der Waals surface area contributed by atoms with Gasteiger partial charge in [0.25, 0.3) is 0 Å². The highest BCUT2D eigenvalue weighted by Crippen LogP contribution is 2.28. The molecule has 0 saturated heterocycles. The number of rotatable bonds is 5. The number of hydrogen-bond donors (Lipinski definition) is 1. The monoisotopic (exact) mass is 381 g/mol. The minimum atomic E-state index is -3.83. The summed E-state index contributed by atoms with van der Waals surface area (Å²) in [5.74, 6) is 0.624. The van der Waals surface area contributed by atoms with Crippen molar-refractivity contribution in [2.24, 2.45) is 0 Å². The predicted octanol–water partition coefficient (Wildman–Crippen LogP) is 3.32. The smallest absolute Gasteiger partial charge is 0.229 e. The van der Waals surface area contributed by atoms with Crippen molar-refractivity contribution in [3.05, 3.63) is 54.6 Å². The minimum absolute atomic E-state index is 0.147. The van der Waals surface area contributed by atoms with Gasteiger partial charge in [0.2, 0.25) is 14.9 Å². The highest BCUT2D eigenvalue weighted by molar-refractivity contribution is 7.91. The Balaban J connectivity index is 2.00. The number of benzene rings is 2. The molecule has 0 aliphatic rings. The van der Waals surface area contributed by atoms with Crippen LogP contribution in [0.5, 0.6) is 0 Å². The van der Waals surface area contributed by atoms with Gasteiger partial charge in [-0.05, 0) is 37.6 Å². The van der Waals surface area contributed by atoms with Gasteiger partial charge in [-0.1, -0.05) is 42.5 Å². The molecule has 4 aromatic rings. The molecule has 0 aliphatic heterocycles. The lowest BCUT2D eigenvalue weighted by Crippen LogP contribution is -2.15. The largest absolute Gasteiger partial charge is 0.367 e. The molecule has 0 spiro atoms. The summed E-state index contributed by atoms with van der Waals surface area (Å²) in [5, 5.41) is 12.1. The van der Waals surface area contributed by atoms with Gasteiger partial charge in [0.05, 0.1) is 10.4 Å². The van der Waals surface area contributed by atoms with E-state index < -0.39 is 9.84 Å². The summed E-state index contributed by atoms with van der Waals surface area (Å²) in [6.45, 7) is 4.13. The number of nitrogens with zero attached hydrogens (tertiary/aromatic N) is 4. The summed E-state index contributed by atoms with van der Waals surface area (Å²) in [6.07, 6.45) is 0.911. The van der Waals surface area contributed by atoms with E-state index in [1.54, 1.807) is 30.3 Å². The Morgan fingerprint density at radius 3 is 2.52 bits per heavy atom. The second-order valence-electron chi connectivity index (χ2n) is 6.38. The van der Waals surface area contributed by atoms with Crippen molar-refractivity contribution in [1.29, 1.82) is 0 Å². The van der Waals surface area contributed by atoms with Crippen LogP contribution < -0.4 is 5.32 Å². The molecule has 0 unspecified atom stereocenters. The number of aromatic nitrogens is 4. The van der Waals surface area contributed by atoms with Gasteiger partial charge >= 0.3 is 0 Å². The third-order valence-corrected chi connectivity index (χ3v) is 6.19. The second kappa shape index (κ2) is 6.62. The Morgan fingerprint density at radius 1 is 1.07 bits per heavy atom. The second-order valence-corrected chi connectivity index (χ2v) is 8.24. The van der Waals surface area contributed by atoms with Gasteiger partial charge in [0.1, 0.15) is 5.82 Å². The Kier molecular flexibility index (Phi) is 4.27. The Labute approximate surface area is 157 Å².